The summed E-state index contributed by atoms with van der Waals surface area (Å²) in [7, 11) is 0. The summed E-state index contributed by atoms with van der Waals surface area (Å²) in [4.78, 5) is 23.2. The third-order valence-corrected chi connectivity index (χ3v) is 7.88. The number of nitrogens with zero attached hydrogens (tertiary/aromatic N) is 5. The van der Waals surface area contributed by atoms with E-state index < -0.39 is 0 Å². The van der Waals surface area contributed by atoms with Gasteiger partial charge < -0.3 is 0 Å². The van der Waals surface area contributed by atoms with E-state index in [1.165, 1.54) is 0 Å². The molecule has 0 aliphatic heterocycles. The smallest absolute Gasteiger partial charge is 0.0961 e. The Morgan fingerprint density at radius 3 is 1.56 bits per heavy atom. The summed E-state index contributed by atoms with van der Waals surface area (Å²) in [5.74, 6) is 0. The van der Waals surface area contributed by atoms with Crippen molar-refractivity contribution in [3.63, 3.8) is 0 Å². The predicted octanol–water partition coefficient (Wildman–Crippen LogP) is 9.62. The molecular weight excluding hydrogens is 550 g/mol. The minimum atomic E-state index is 0.818. The largest absolute Gasteiger partial charge is 0.264 e. The van der Waals surface area contributed by atoms with Crippen LogP contribution in [0.4, 0.5) is 0 Å². The molecule has 5 nitrogen and oxygen atoms in total. The number of pyridine rings is 5. The van der Waals surface area contributed by atoms with Crippen molar-refractivity contribution in [2.24, 2.45) is 0 Å². The molecule has 0 spiro atoms. The minimum Gasteiger partial charge on any atom is -0.264 e. The molecule has 0 bridgehead atoms. The first-order valence-electron chi connectivity index (χ1n) is 14.7. The molecule has 0 atom stereocenters. The monoisotopic (exact) mass is 579 g/mol. The number of benzene rings is 2. The average molecular weight is 580 g/mol. The lowest BCUT2D eigenvalue weighted by molar-refractivity contribution is 1.21. The van der Waals surface area contributed by atoms with Crippen molar-refractivity contribution in [1.29, 1.82) is 0 Å². The molecule has 0 aliphatic carbocycles. The van der Waals surface area contributed by atoms with Crippen LogP contribution < -0.4 is 0 Å². The van der Waals surface area contributed by atoms with E-state index >= 15 is 0 Å². The van der Waals surface area contributed by atoms with Crippen LogP contribution in [0.1, 0.15) is 11.1 Å². The molecule has 7 aromatic rings. The van der Waals surface area contributed by atoms with Gasteiger partial charge in [-0.2, -0.15) is 0 Å². The summed E-state index contributed by atoms with van der Waals surface area (Å²) in [6.45, 7) is 6.14. The predicted molar refractivity (Wildman–Crippen MR) is 183 cm³/mol. The molecule has 2 aromatic carbocycles. The number of aromatic nitrogens is 5. The Morgan fingerprint density at radius 2 is 1.04 bits per heavy atom. The van der Waals surface area contributed by atoms with Gasteiger partial charge in [0.15, 0.2) is 0 Å². The lowest BCUT2D eigenvalue weighted by Crippen LogP contribution is -1.96. The highest BCUT2D eigenvalue weighted by Crippen LogP contribution is 2.34. The van der Waals surface area contributed by atoms with Gasteiger partial charge in [-0.1, -0.05) is 79.4 Å². The highest BCUT2D eigenvalue weighted by molar-refractivity contribution is 5.81. The van der Waals surface area contributed by atoms with Crippen LogP contribution in [-0.2, 0) is 0 Å². The molecule has 0 saturated carbocycles. The Hall–Kier alpha value is -6.07. The number of aryl methyl sites for hydroxylation is 1. The molecule has 0 amide bonds. The molecule has 214 valence electrons. The maximum Gasteiger partial charge on any atom is 0.0961 e. The molecule has 0 saturated heterocycles. The van der Waals surface area contributed by atoms with Crippen molar-refractivity contribution >= 4 is 6.08 Å². The quantitative estimate of drug-likeness (QED) is 0.188. The van der Waals surface area contributed by atoms with E-state index in [1.807, 2.05) is 55.9 Å². The van der Waals surface area contributed by atoms with Gasteiger partial charge in [0.25, 0.3) is 0 Å². The fourth-order valence-electron chi connectivity index (χ4n) is 5.45. The molecule has 0 fully saturated rings. The molecule has 0 aliphatic rings. The Labute approximate surface area is 262 Å². The zero-order valence-corrected chi connectivity index (χ0v) is 24.8. The number of hydrogen-bond donors (Lipinski definition) is 0. The maximum atomic E-state index is 5.15. The van der Waals surface area contributed by atoms with Crippen LogP contribution in [0.5, 0.6) is 0 Å². The van der Waals surface area contributed by atoms with Crippen molar-refractivity contribution in [3.8, 4) is 67.3 Å². The molecular formula is C40H29N5. The Balaban J connectivity index is 1.33. The molecule has 7 rings (SSSR count). The van der Waals surface area contributed by atoms with E-state index in [0.29, 0.717) is 0 Å². The van der Waals surface area contributed by atoms with E-state index in [4.69, 9.17) is 9.97 Å². The highest BCUT2D eigenvalue weighted by atomic mass is 14.8. The zero-order chi connectivity index (χ0) is 30.6. The normalized spacial score (nSPS) is 10.9. The van der Waals surface area contributed by atoms with Gasteiger partial charge in [0.1, 0.15) is 0 Å². The summed E-state index contributed by atoms with van der Waals surface area (Å²) in [6, 6.07) is 35.3. The fourth-order valence-corrected chi connectivity index (χ4v) is 5.45. The third-order valence-electron chi connectivity index (χ3n) is 7.88. The van der Waals surface area contributed by atoms with E-state index in [2.05, 4.69) is 100 Å². The first-order chi connectivity index (χ1) is 22.2. The first kappa shape index (κ1) is 27.7. The van der Waals surface area contributed by atoms with Crippen molar-refractivity contribution in [2.45, 2.75) is 6.92 Å². The lowest BCUT2D eigenvalue weighted by atomic mass is 9.97. The topological polar surface area (TPSA) is 64.5 Å². The Kier molecular flexibility index (Phi) is 7.57. The van der Waals surface area contributed by atoms with Crippen LogP contribution in [0.25, 0.3) is 73.4 Å². The van der Waals surface area contributed by atoms with E-state index in [1.54, 1.807) is 18.6 Å². The van der Waals surface area contributed by atoms with Crippen LogP contribution in [-0.4, -0.2) is 24.9 Å². The summed E-state index contributed by atoms with van der Waals surface area (Å²) >= 11 is 0. The van der Waals surface area contributed by atoms with Crippen LogP contribution in [0.15, 0.2) is 147 Å². The summed E-state index contributed by atoms with van der Waals surface area (Å²) in [5.41, 5.74) is 13.8. The van der Waals surface area contributed by atoms with Crippen LogP contribution in [0.3, 0.4) is 0 Å². The van der Waals surface area contributed by atoms with E-state index in [-0.39, 0.29) is 0 Å². The van der Waals surface area contributed by atoms with Gasteiger partial charge in [0.05, 0.1) is 22.8 Å². The molecule has 0 unspecified atom stereocenters. The second-order valence-corrected chi connectivity index (χ2v) is 10.8. The van der Waals surface area contributed by atoms with Crippen molar-refractivity contribution in [1.82, 2.24) is 24.9 Å². The molecule has 0 radical (unpaired) electrons. The summed E-state index contributed by atoms with van der Waals surface area (Å²) < 4.78 is 0. The SMILES string of the molecule is C=Cc1cc(-c2cc(-c3ccc(-c4cccnc4)cc3)nc(-c3ccc(-c4cccnc4)cc3)c2)cnc1-c1ncccc1C. The Morgan fingerprint density at radius 1 is 0.489 bits per heavy atom. The Bertz CT molecular complexity index is 2000. The summed E-state index contributed by atoms with van der Waals surface area (Å²) in [5, 5.41) is 0. The van der Waals surface area contributed by atoms with Crippen molar-refractivity contribution in [3.05, 3.63) is 158 Å². The van der Waals surface area contributed by atoms with Crippen molar-refractivity contribution < 1.29 is 0 Å². The third kappa shape index (κ3) is 5.79. The highest BCUT2D eigenvalue weighted by Gasteiger charge is 2.14. The second kappa shape index (κ2) is 12.3. The van der Waals surface area contributed by atoms with Gasteiger partial charge in [0, 0.05) is 59.4 Å². The van der Waals surface area contributed by atoms with E-state index in [0.717, 1.165) is 78.4 Å². The van der Waals surface area contributed by atoms with Crippen molar-refractivity contribution in [2.75, 3.05) is 0 Å². The van der Waals surface area contributed by atoms with Gasteiger partial charge in [-0.3, -0.25) is 19.9 Å². The lowest BCUT2D eigenvalue weighted by Gasteiger charge is -2.13. The minimum absolute atomic E-state index is 0.818. The fraction of sp³-hybridized carbons (Fsp3) is 0.0250. The maximum absolute atomic E-state index is 5.15. The van der Waals surface area contributed by atoms with Gasteiger partial charge in [-0.25, -0.2) is 4.98 Å². The van der Waals surface area contributed by atoms with Gasteiger partial charge in [0.2, 0.25) is 0 Å². The van der Waals surface area contributed by atoms with Crippen LogP contribution >= 0.6 is 0 Å². The second-order valence-electron chi connectivity index (χ2n) is 10.8. The number of hydrogen-bond acceptors (Lipinski definition) is 5. The average Bonchev–Trinajstić information content (AvgIpc) is 3.12. The molecule has 45 heavy (non-hydrogen) atoms. The van der Waals surface area contributed by atoms with Gasteiger partial charge >= 0.3 is 0 Å². The van der Waals surface area contributed by atoms with Crippen LogP contribution in [0, 0.1) is 6.92 Å². The first-order valence-corrected chi connectivity index (χ1v) is 14.7. The summed E-state index contributed by atoms with van der Waals surface area (Å²) in [6.07, 6.45) is 12.9. The molecule has 0 N–H and O–H groups in total. The molecule has 5 heteroatoms. The standard InChI is InChI=1S/C40H29N5/c1-3-28-21-36(26-44-40(28)39-27(2)7-4-20-43-39)35-22-37(31-14-10-29(11-15-31)33-8-5-18-41-24-33)45-38(23-35)32-16-12-30(13-17-32)34-9-6-19-42-25-34/h3-26H,1H2,2H3. The zero-order valence-electron chi connectivity index (χ0n) is 24.8. The molecule has 5 heterocycles. The van der Waals surface area contributed by atoms with E-state index in [9.17, 15) is 0 Å². The van der Waals surface area contributed by atoms with Gasteiger partial charge in [-0.15, -0.1) is 0 Å². The number of rotatable bonds is 7. The van der Waals surface area contributed by atoms with Gasteiger partial charge in [-0.05, 0) is 76.7 Å². The molecule has 5 aromatic heterocycles. The van der Waals surface area contributed by atoms with Crippen LogP contribution in [0.2, 0.25) is 0 Å².